The maximum atomic E-state index is 14.5. The van der Waals surface area contributed by atoms with E-state index in [-0.39, 0.29) is 28.6 Å². The van der Waals surface area contributed by atoms with Crippen molar-refractivity contribution in [3.05, 3.63) is 33.3 Å². The molecule has 2 atom stereocenters. The number of aryl methyl sites for hydroxylation is 1. The second kappa shape index (κ2) is 8.60. The standard InChI is InChI=1S/C16H22BrF2NO3S/c1-6-23-12(21)8-11(20-24(22)16(3,4)5)13-14(18)9(2)7-10(17)15(13)19/h7,11,20H,6,8H2,1-5H3/t11-,24?/m0/s1. The highest BCUT2D eigenvalue weighted by Gasteiger charge is 2.34. The number of carbonyl (C=O) groups excluding carboxylic acids is 1. The van der Waals surface area contributed by atoms with Crippen LogP contribution in [0.1, 0.15) is 51.3 Å². The van der Waals surface area contributed by atoms with Gasteiger partial charge in [0.2, 0.25) is 0 Å². The second-order valence-corrected chi connectivity index (χ2v) is 9.13. The Morgan fingerprint density at radius 2 is 2.00 bits per heavy atom. The van der Waals surface area contributed by atoms with E-state index in [4.69, 9.17) is 4.74 Å². The van der Waals surface area contributed by atoms with Crippen molar-refractivity contribution in [3.63, 3.8) is 0 Å². The Kier molecular flexibility index (Phi) is 7.65. The number of halogens is 3. The first-order valence-corrected chi connectivity index (χ1v) is 9.41. The Morgan fingerprint density at radius 3 is 2.50 bits per heavy atom. The van der Waals surface area contributed by atoms with E-state index in [2.05, 4.69) is 20.7 Å². The summed E-state index contributed by atoms with van der Waals surface area (Å²) in [4.78, 5) is 11.8. The first-order valence-electron chi connectivity index (χ1n) is 7.46. The number of hydrogen-bond acceptors (Lipinski definition) is 4. The van der Waals surface area contributed by atoms with Crippen LogP contribution in [0.25, 0.3) is 0 Å². The van der Waals surface area contributed by atoms with Crippen LogP contribution in [-0.2, 0) is 20.9 Å². The smallest absolute Gasteiger partial charge is 0.307 e. The first-order chi connectivity index (χ1) is 11.0. The van der Waals surface area contributed by atoms with Gasteiger partial charge in [0.05, 0.1) is 23.5 Å². The molecule has 8 heteroatoms. The van der Waals surface area contributed by atoms with E-state index in [1.807, 2.05) is 0 Å². The van der Waals surface area contributed by atoms with Crippen LogP contribution < -0.4 is 4.72 Å². The Bertz CT molecular complexity index is 582. The maximum Gasteiger partial charge on any atom is 0.307 e. The minimum atomic E-state index is -1.62. The summed E-state index contributed by atoms with van der Waals surface area (Å²) in [6.07, 6.45) is -0.334. The molecule has 0 fully saturated rings. The van der Waals surface area contributed by atoms with Gasteiger partial charge in [-0.3, -0.25) is 4.79 Å². The molecule has 0 amide bonds. The molecule has 0 saturated heterocycles. The zero-order valence-corrected chi connectivity index (χ0v) is 16.7. The molecule has 1 N–H and O–H groups in total. The summed E-state index contributed by atoms with van der Waals surface area (Å²) in [5.74, 6) is -2.23. The number of carbonyl (C=O) groups is 1. The summed E-state index contributed by atoms with van der Waals surface area (Å²) in [6.45, 7) is 8.43. The van der Waals surface area contributed by atoms with Crippen molar-refractivity contribution in [1.29, 1.82) is 0 Å². The highest BCUT2D eigenvalue weighted by atomic mass is 79.9. The summed E-state index contributed by atoms with van der Waals surface area (Å²) in [5.41, 5.74) is -0.108. The molecule has 0 radical (unpaired) electrons. The van der Waals surface area contributed by atoms with E-state index >= 15 is 0 Å². The summed E-state index contributed by atoms with van der Waals surface area (Å²) >= 11 is 1.42. The normalized spacial score (nSPS) is 14.4. The Hall–Kier alpha value is -0.700. The molecule has 0 aliphatic rings. The third kappa shape index (κ3) is 5.40. The van der Waals surface area contributed by atoms with Gasteiger partial charge in [0.15, 0.2) is 0 Å². The van der Waals surface area contributed by atoms with Crippen molar-refractivity contribution in [2.24, 2.45) is 0 Å². The van der Waals surface area contributed by atoms with E-state index in [0.717, 1.165) is 0 Å². The molecule has 0 aromatic heterocycles. The number of nitrogens with one attached hydrogen (secondary N) is 1. The lowest BCUT2D eigenvalue weighted by Crippen LogP contribution is -2.42. The molecule has 24 heavy (non-hydrogen) atoms. The van der Waals surface area contributed by atoms with Gasteiger partial charge in [0.25, 0.3) is 0 Å². The number of hydrogen-bond donors (Lipinski definition) is 1. The van der Waals surface area contributed by atoms with Crippen LogP contribution in [0.3, 0.4) is 0 Å². The summed E-state index contributed by atoms with van der Waals surface area (Å²) in [6, 6.07) is 0.205. The van der Waals surface area contributed by atoms with Crippen LogP contribution in [0.5, 0.6) is 0 Å². The maximum absolute atomic E-state index is 14.5. The predicted molar refractivity (Wildman–Crippen MR) is 93.8 cm³/mol. The van der Waals surface area contributed by atoms with Crippen molar-refractivity contribution in [1.82, 2.24) is 4.72 Å². The van der Waals surface area contributed by atoms with Crippen LogP contribution in [0.4, 0.5) is 8.78 Å². The minimum Gasteiger partial charge on any atom is -0.598 e. The number of rotatable bonds is 6. The van der Waals surface area contributed by atoms with Crippen molar-refractivity contribution in [2.45, 2.75) is 51.8 Å². The van der Waals surface area contributed by atoms with Gasteiger partial charge in [0.1, 0.15) is 16.4 Å². The Morgan fingerprint density at radius 1 is 1.42 bits per heavy atom. The van der Waals surface area contributed by atoms with E-state index in [9.17, 15) is 18.1 Å². The van der Waals surface area contributed by atoms with Crippen molar-refractivity contribution in [2.75, 3.05) is 6.61 Å². The van der Waals surface area contributed by atoms with Gasteiger partial charge < -0.3 is 9.29 Å². The van der Waals surface area contributed by atoms with Gasteiger partial charge in [-0.25, -0.2) is 8.78 Å². The predicted octanol–water partition coefficient (Wildman–Crippen LogP) is 4.08. The van der Waals surface area contributed by atoms with Gasteiger partial charge in [-0.05, 0) is 62.2 Å². The lowest BCUT2D eigenvalue weighted by atomic mass is 10.0. The highest BCUT2D eigenvalue weighted by Crippen LogP contribution is 2.32. The largest absolute Gasteiger partial charge is 0.598 e. The monoisotopic (exact) mass is 425 g/mol. The zero-order chi connectivity index (χ0) is 18.7. The molecular formula is C16H22BrF2NO3S. The fraction of sp³-hybridized carbons (Fsp3) is 0.562. The van der Waals surface area contributed by atoms with Crippen LogP contribution in [0.2, 0.25) is 0 Å². The van der Waals surface area contributed by atoms with Gasteiger partial charge in [0, 0.05) is 16.9 Å². The quantitative estimate of drug-likeness (QED) is 0.423. The molecular weight excluding hydrogens is 404 g/mol. The number of benzene rings is 1. The summed E-state index contributed by atoms with van der Waals surface area (Å²) in [7, 11) is 0. The van der Waals surface area contributed by atoms with Crippen LogP contribution in [-0.4, -0.2) is 21.9 Å². The zero-order valence-electron chi connectivity index (χ0n) is 14.3. The Labute approximate surface area is 152 Å². The summed E-state index contributed by atoms with van der Waals surface area (Å²) in [5, 5.41) is 0. The van der Waals surface area contributed by atoms with Crippen molar-refractivity contribution >= 4 is 33.3 Å². The van der Waals surface area contributed by atoms with Gasteiger partial charge in [-0.15, -0.1) is 4.72 Å². The fourth-order valence-corrected chi connectivity index (χ4v) is 3.33. The molecule has 0 bridgehead atoms. The first kappa shape index (κ1) is 21.3. The molecule has 0 aliphatic carbocycles. The molecule has 0 saturated carbocycles. The number of esters is 1. The highest BCUT2D eigenvalue weighted by molar-refractivity contribution is 9.10. The lowest BCUT2D eigenvalue weighted by molar-refractivity contribution is -0.143. The van der Waals surface area contributed by atoms with E-state index in [1.54, 1.807) is 27.7 Å². The van der Waals surface area contributed by atoms with Gasteiger partial charge in [-0.2, -0.15) is 0 Å². The average Bonchev–Trinajstić information content (AvgIpc) is 2.44. The average molecular weight is 426 g/mol. The van der Waals surface area contributed by atoms with Crippen molar-refractivity contribution < 1.29 is 22.9 Å². The third-order valence-electron chi connectivity index (χ3n) is 3.20. The minimum absolute atomic E-state index is 0.0774. The van der Waals surface area contributed by atoms with Crippen LogP contribution in [0, 0.1) is 18.6 Å². The van der Waals surface area contributed by atoms with Crippen molar-refractivity contribution in [3.8, 4) is 0 Å². The second-order valence-electron chi connectivity index (χ2n) is 6.28. The summed E-state index contributed by atoms with van der Waals surface area (Å²) < 4.78 is 48.3. The third-order valence-corrected chi connectivity index (χ3v) is 5.39. The van der Waals surface area contributed by atoms with Crippen LogP contribution >= 0.6 is 15.9 Å². The fourth-order valence-electron chi connectivity index (χ4n) is 1.96. The van der Waals surface area contributed by atoms with Crippen LogP contribution in [0.15, 0.2) is 10.5 Å². The molecule has 0 aliphatic heterocycles. The van der Waals surface area contributed by atoms with Gasteiger partial charge >= 0.3 is 5.97 Å². The molecule has 1 unspecified atom stereocenters. The SMILES string of the molecule is CCOC(=O)C[C@H](N[S+]([O-])C(C)(C)C)c1c(F)c(C)cc(Br)c1F. The molecule has 1 aromatic carbocycles. The molecule has 0 spiro atoms. The molecule has 1 rings (SSSR count). The molecule has 1 aromatic rings. The van der Waals surface area contributed by atoms with E-state index in [1.165, 1.54) is 13.0 Å². The van der Waals surface area contributed by atoms with Gasteiger partial charge in [-0.1, -0.05) is 0 Å². The Balaban J connectivity index is 3.30. The lowest BCUT2D eigenvalue weighted by Gasteiger charge is -2.28. The van der Waals surface area contributed by atoms with E-state index in [0.29, 0.717) is 0 Å². The van der Waals surface area contributed by atoms with E-state index < -0.39 is 39.8 Å². The topological polar surface area (TPSA) is 61.4 Å². The number of ether oxygens (including phenoxy) is 1. The molecule has 4 nitrogen and oxygen atoms in total. The molecule has 136 valence electrons. The molecule has 0 heterocycles.